The van der Waals surface area contributed by atoms with Gasteiger partial charge >= 0.3 is 0 Å². The van der Waals surface area contributed by atoms with Crippen LogP contribution in [-0.2, 0) is 26.5 Å². The molecule has 380 valence electrons. The predicted octanol–water partition coefficient (Wildman–Crippen LogP) is 13.9. The Bertz CT molecular complexity index is 5360. The normalized spacial score (nSPS) is 15.9. The molecule has 0 N–H and O–H groups in total. The van der Waals surface area contributed by atoms with Crippen molar-refractivity contribution in [2.75, 3.05) is 0 Å². The van der Waals surface area contributed by atoms with Gasteiger partial charge < -0.3 is 13.9 Å². The number of pyridine rings is 1. The number of para-hydroxylation sites is 4. The van der Waals surface area contributed by atoms with E-state index >= 15 is 0 Å². The summed E-state index contributed by atoms with van der Waals surface area (Å²) in [4.78, 5) is 4.81. The zero-order valence-corrected chi connectivity index (χ0v) is 45.1. The molecule has 7 heteroatoms. The average molecular weight is 1220 g/mol. The molecular formula is C71H54N4OPtSi-2. The Kier molecular flexibility index (Phi) is 8.20. The van der Waals surface area contributed by atoms with Crippen LogP contribution >= 0.6 is 0 Å². The summed E-state index contributed by atoms with van der Waals surface area (Å²) in [7, 11) is -6.30. The van der Waals surface area contributed by atoms with Gasteiger partial charge in [-0.3, -0.25) is 4.57 Å². The van der Waals surface area contributed by atoms with E-state index in [1.807, 2.05) is 41.0 Å². The van der Waals surface area contributed by atoms with Gasteiger partial charge in [0.15, 0.2) is 8.07 Å². The molecule has 0 saturated heterocycles. The number of aryl methyl sites for hydroxylation is 1. The summed E-state index contributed by atoms with van der Waals surface area (Å²) < 4.78 is 218. The van der Waals surface area contributed by atoms with E-state index in [4.69, 9.17) is 26.2 Å². The van der Waals surface area contributed by atoms with Gasteiger partial charge in [-0.25, -0.2) is 4.98 Å². The van der Waals surface area contributed by atoms with Gasteiger partial charge in [-0.15, -0.1) is 29.7 Å². The third kappa shape index (κ3) is 8.81. The molecule has 13 rings (SSSR count). The molecule has 0 unspecified atom stereocenters. The first kappa shape index (κ1) is 30.9. The third-order valence-electron chi connectivity index (χ3n) is 13.5. The minimum Gasteiger partial charge on any atom is -0.510 e. The largest absolute Gasteiger partial charge is 0.510 e. The van der Waals surface area contributed by atoms with Crippen molar-refractivity contribution in [3.63, 3.8) is 0 Å². The van der Waals surface area contributed by atoms with Crippen LogP contribution in [0.15, 0.2) is 254 Å². The molecule has 3 aromatic heterocycles. The molecule has 78 heavy (non-hydrogen) atoms. The second kappa shape index (κ2) is 20.7. The van der Waals surface area contributed by atoms with Crippen molar-refractivity contribution in [1.29, 1.82) is 0 Å². The first-order chi connectivity index (χ1) is 46.8. The molecule has 0 saturated carbocycles. The Hall–Kier alpha value is -8.67. The molecule has 3 heterocycles. The van der Waals surface area contributed by atoms with Gasteiger partial charge in [0.05, 0.1) is 42.8 Å². The molecule has 0 atom stereocenters. The average Bonchev–Trinajstić information content (AvgIpc) is 0.913. The summed E-state index contributed by atoms with van der Waals surface area (Å²) in [6, 6.07) is 24.5. The number of fused-ring (bicyclic) bond motifs is 4. The zero-order chi connectivity index (χ0) is 71.1. The third-order valence-corrected chi connectivity index (χ3v) is 17.5. The van der Waals surface area contributed by atoms with Crippen molar-refractivity contribution in [3.8, 4) is 50.9 Å². The molecule has 0 bridgehead atoms. The molecule has 0 fully saturated rings. The van der Waals surface area contributed by atoms with E-state index in [1.165, 1.54) is 34.9 Å². The molecule has 0 aliphatic rings. The Balaban J connectivity index is 0.00000948. The summed E-state index contributed by atoms with van der Waals surface area (Å²) in [6.07, 6.45) is 5.20. The van der Waals surface area contributed by atoms with Gasteiger partial charge in [0, 0.05) is 48.4 Å². The van der Waals surface area contributed by atoms with Crippen molar-refractivity contribution in [2.24, 2.45) is 0 Å². The maximum absolute atomic E-state index is 10.8. The molecule has 0 radical (unpaired) electrons. The molecule has 0 spiro atoms. The SMILES string of the molecule is [2H]c1c([2H])c([2H])c([Si](c2c([2H])c([2H])c([2H])c([2H])c2[2H])(c2c([2H])c([2H])c([2H])c([2H])c2[2H])c2c([2H])c([2H])c([2H])c(-c3cccc(-c4ccccc4C([2H])([2H])[2H])c3-[n+]3[c-]n(-c4[c-]c(Oc5[c-]c6c(cc5)c5ccccc5n6-c5cc(C(C)(C)C)ccn5)ccc4)c4ccccc43)c2[2H])c([2H])c1[2H].[Pt]. The fourth-order valence-corrected chi connectivity index (χ4v) is 13.5. The minimum absolute atomic E-state index is 0. The Labute approximate surface area is 502 Å². The van der Waals surface area contributed by atoms with Crippen molar-refractivity contribution in [1.82, 2.24) is 14.1 Å². The van der Waals surface area contributed by atoms with Crippen LogP contribution in [0.2, 0.25) is 0 Å². The molecule has 0 amide bonds. The fourth-order valence-electron chi connectivity index (χ4n) is 9.98. The van der Waals surface area contributed by atoms with E-state index < -0.39 is 156 Å². The summed E-state index contributed by atoms with van der Waals surface area (Å²) in [5.74, 6) is 1.25. The predicted molar refractivity (Wildman–Crippen MR) is 318 cm³/mol. The van der Waals surface area contributed by atoms with Crippen LogP contribution in [0.3, 0.4) is 0 Å². The monoisotopic (exact) mass is 1220 g/mol. The van der Waals surface area contributed by atoms with Crippen LogP contribution < -0.4 is 30.1 Å². The number of nitrogens with zero attached hydrogens (tertiary/aromatic N) is 4. The summed E-state index contributed by atoms with van der Waals surface area (Å²) in [6.45, 7) is 3.59. The molecule has 5 nitrogen and oxygen atoms in total. The summed E-state index contributed by atoms with van der Waals surface area (Å²) in [5, 5.41) is -2.13. The number of hydrogen-bond acceptors (Lipinski definition) is 2. The van der Waals surface area contributed by atoms with Crippen LogP contribution in [0, 0.1) is 25.3 Å². The minimum atomic E-state index is -6.30. The molecular weight excluding hydrogens is 1150 g/mol. The van der Waals surface area contributed by atoms with E-state index in [0.717, 1.165) is 21.9 Å². The van der Waals surface area contributed by atoms with Gasteiger partial charge in [0.2, 0.25) is 0 Å². The second-order valence-corrected chi connectivity index (χ2v) is 22.6. The van der Waals surface area contributed by atoms with Crippen LogP contribution in [0.1, 0.15) is 62.1 Å². The molecule has 10 aromatic carbocycles. The second-order valence-electron chi connectivity index (χ2n) is 19.1. The maximum atomic E-state index is 10.8. The molecule has 0 aliphatic heterocycles. The van der Waals surface area contributed by atoms with Crippen molar-refractivity contribution >= 4 is 61.7 Å². The molecule has 13 aromatic rings. The van der Waals surface area contributed by atoms with Crippen LogP contribution in [-0.4, -0.2) is 22.2 Å². The number of rotatable bonds is 11. The van der Waals surface area contributed by atoms with E-state index in [0.29, 0.717) is 33.8 Å². The van der Waals surface area contributed by atoms with Crippen molar-refractivity contribution < 1.29 is 60.5 Å². The Morgan fingerprint density at radius 1 is 0.577 bits per heavy atom. The van der Waals surface area contributed by atoms with Gasteiger partial charge in [0.1, 0.15) is 5.82 Å². The van der Waals surface area contributed by atoms with Crippen molar-refractivity contribution in [3.05, 3.63) is 284 Å². The number of benzene rings is 10. The maximum Gasteiger partial charge on any atom is 0.268 e. The Morgan fingerprint density at radius 3 is 1.94 bits per heavy atom. The van der Waals surface area contributed by atoms with Gasteiger partial charge in [0.25, 0.3) is 6.33 Å². The summed E-state index contributed by atoms with van der Waals surface area (Å²) in [5.41, 5.74) is 2.82. The van der Waals surface area contributed by atoms with Gasteiger partial charge in [-0.05, 0) is 95.7 Å². The van der Waals surface area contributed by atoms with Gasteiger partial charge in [-0.1, -0.05) is 226 Å². The standard InChI is InChI=1S/C71H54N4OSi.Pt/c1-50-23-14-15-34-60(50)64-37-22-36-61(51-24-20-33-59(45-51)77(56-27-8-5-9-28-56,57-29-10-6-11-30-57)58-31-12-7-13-32-58)70(64)74-49-73(66-39-18-19-40-67(66)74)53-25-21-26-54(47-53)76-55-41-42-63-62-35-16-17-38-65(62)75(68(63)48-55)69-46-52(43-44-72-69)71(2,3)4;/h5-46H,1-4H3;/q-2;/i1D3,5D,6D,7D,8D,9D,10D,11D,12D,13D,20D,24D,27D,28D,29D,30D,31D,32D,33D,45D;. The van der Waals surface area contributed by atoms with Gasteiger partial charge in [-0.2, -0.15) is 18.2 Å². The number of hydrogen-bond donors (Lipinski definition) is 0. The van der Waals surface area contributed by atoms with E-state index in [-0.39, 0.29) is 60.2 Å². The zero-order valence-electron chi connectivity index (χ0n) is 63.8. The quantitative estimate of drug-likeness (QED) is 0.0560. The summed E-state index contributed by atoms with van der Waals surface area (Å²) >= 11 is 0. The van der Waals surface area contributed by atoms with Crippen LogP contribution in [0.25, 0.3) is 72.3 Å². The first-order valence-electron chi connectivity index (χ1n) is 35.5. The Morgan fingerprint density at radius 2 is 1.21 bits per heavy atom. The van der Waals surface area contributed by atoms with Crippen LogP contribution in [0.4, 0.5) is 0 Å². The van der Waals surface area contributed by atoms with E-state index in [2.05, 4.69) is 45.3 Å². The van der Waals surface area contributed by atoms with Crippen LogP contribution in [0.5, 0.6) is 11.5 Å². The fraction of sp³-hybridized carbons (Fsp3) is 0.0704. The number of aromatic nitrogens is 4. The molecule has 0 aliphatic carbocycles. The number of imidazole rings is 1. The van der Waals surface area contributed by atoms with E-state index in [9.17, 15) is 13.7 Å². The topological polar surface area (TPSA) is 35.9 Å². The smallest absolute Gasteiger partial charge is 0.268 e. The number of ether oxygens (including phenoxy) is 1. The van der Waals surface area contributed by atoms with Crippen molar-refractivity contribution in [2.45, 2.75) is 33.0 Å². The van der Waals surface area contributed by atoms with E-state index in [1.54, 1.807) is 71.4 Å². The first-order valence-corrected chi connectivity index (χ1v) is 26.5.